The van der Waals surface area contributed by atoms with Gasteiger partial charge in [-0.05, 0) is 83.0 Å². The van der Waals surface area contributed by atoms with E-state index in [4.69, 9.17) is 9.72 Å². The topological polar surface area (TPSA) is 81.4 Å². The molecule has 3 heterocycles. The van der Waals surface area contributed by atoms with Crippen LogP contribution < -0.4 is 5.32 Å². The lowest BCUT2D eigenvalue weighted by atomic mass is 10.0. The fourth-order valence-electron chi connectivity index (χ4n) is 5.25. The molecule has 0 radical (unpaired) electrons. The Morgan fingerprint density at radius 2 is 1.92 bits per heavy atom. The molecule has 2 aromatic carbocycles. The molecular weight excluding hydrogens is 485 g/mol. The molecule has 4 aromatic rings. The first-order valence-corrected chi connectivity index (χ1v) is 13.1. The number of alkyl carbamates (subject to hydrolysis) is 1. The first-order valence-electron chi connectivity index (χ1n) is 13.1. The van der Waals surface area contributed by atoms with Crippen LogP contribution in [0.3, 0.4) is 0 Å². The van der Waals surface area contributed by atoms with Crippen molar-refractivity contribution in [2.45, 2.75) is 58.7 Å². The molecule has 1 aliphatic heterocycles. The van der Waals surface area contributed by atoms with E-state index in [1.807, 2.05) is 63.6 Å². The molecule has 0 aliphatic carbocycles. The Hall–Kier alpha value is -3.88. The van der Waals surface area contributed by atoms with Crippen molar-refractivity contribution in [2.75, 3.05) is 13.1 Å². The summed E-state index contributed by atoms with van der Waals surface area (Å²) in [6.07, 6.45) is 1.12. The number of rotatable bonds is 4. The number of likely N-dealkylation sites (tertiary alicyclic amines) is 1. The van der Waals surface area contributed by atoms with Crippen molar-refractivity contribution >= 4 is 33.9 Å². The Bertz CT molecular complexity index is 1530. The van der Waals surface area contributed by atoms with Crippen molar-refractivity contribution in [3.8, 4) is 11.5 Å². The van der Waals surface area contributed by atoms with Gasteiger partial charge in [0.25, 0.3) is 5.91 Å². The van der Waals surface area contributed by atoms with Crippen LogP contribution in [-0.2, 0) is 18.3 Å². The molecule has 1 aliphatic rings. The average Bonchev–Trinajstić information content (AvgIpc) is 3.38. The summed E-state index contributed by atoms with van der Waals surface area (Å²) in [5, 5.41) is 3.85. The van der Waals surface area contributed by atoms with Crippen LogP contribution in [0, 0.1) is 5.82 Å². The number of aryl methyl sites for hydroxylation is 2. The number of carbonyl (C=O) groups is 2. The SMILES string of the molecule is CCn1c(-c2nc3cc(C(=O)N4CCC[C@@H](NC(=O)OC(C)(C)C)C4)ccc3n2C)cc2ccc(F)cc21. The normalized spacial score (nSPS) is 16.3. The molecule has 200 valence electrons. The van der Waals surface area contributed by atoms with E-state index in [1.54, 1.807) is 17.0 Å². The lowest BCUT2D eigenvalue weighted by molar-refractivity contribution is 0.0452. The van der Waals surface area contributed by atoms with Gasteiger partial charge in [0.15, 0.2) is 5.82 Å². The highest BCUT2D eigenvalue weighted by Crippen LogP contribution is 2.31. The number of nitrogens with zero attached hydrogens (tertiary/aromatic N) is 4. The summed E-state index contributed by atoms with van der Waals surface area (Å²) < 4.78 is 23.4. The van der Waals surface area contributed by atoms with Gasteiger partial charge in [-0.25, -0.2) is 14.2 Å². The van der Waals surface area contributed by atoms with E-state index in [0.29, 0.717) is 30.7 Å². The number of nitrogens with one attached hydrogen (secondary N) is 1. The summed E-state index contributed by atoms with van der Waals surface area (Å²) in [7, 11) is 1.95. The number of ether oxygens (including phenoxy) is 1. The van der Waals surface area contributed by atoms with E-state index in [1.165, 1.54) is 6.07 Å². The van der Waals surface area contributed by atoms with E-state index < -0.39 is 11.7 Å². The number of carbonyl (C=O) groups excluding carboxylic acids is 2. The van der Waals surface area contributed by atoms with Crippen LogP contribution >= 0.6 is 0 Å². The highest BCUT2D eigenvalue weighted by molar-refractivity contribution is 5.98. The number of amides is 2. The maximum Gasteiger partial charge on any atom is 0.407 e. The van der Waals surface area contributed by atoms with Crippen LogP contribution in [0.2, 0.25) is 0 Å². The molecule has 0 unspecified atom stereocenters. The average molecular weight is 520 g/mol. The van der Waals surface area contributed by atoms with Crippen molar-refractivity contribution in [2.24, 2.45) is 7.05 Å². The molecule has 5 rings (SSSR count). The third-order valence-electron chi connectivity index (χ3n) is 6.97. The summed E-state index contributed by atoms with van der Waals surface area (Å²) in [5.74, 6) is 0.391. The molecule has 0 saturated carbocycles. The minimum absolute atomic E-state index is 0.0899. The Kier molecular flexibility index (Phi) is 6.63. The van der Waals surface area contributed by atoms with E-state index in [-0.39, 0.29) is 17.8 Å². The number of benzene rings is 2. The Morgan fingerprint density at radius 3 is 2.66 bits per heavy atom. The molecule has 1 fully saturated rings. The number of hydrogen-bond acceptors (Lipinski definition) is 4. The van der Waals surface area contributed by atoms with Crippen molar-refractivity contribution < 1.29 is 18.7 Å². The number of piperidine rings is 1. The molecule has 1 N–H and O–H groups in total. The van der Waals surface area contributed by atoms with E-state index in [9.17, 15) is 14.0 Å². The molecule has 1 saturated heterocycles. The van der Waals surface area contributed by atoms with Gasteiger partial charge in [0.1, 0.15) is 11.4 Å². The van der Waals surface area contributed by atoms with Crippen molar-refractivity contribution in [3.05, 3.63) is 53.8 Å². The largest absolute Gasteiger partial charge is 0.444 e. The van der Waals surface area contributed by atoms with Gasteiger partial charge < -0.3 is 24.1 Å². The number of aromatic nitrogens is 3. The molecule has 2 amide bonds. The van der Waals surface area contributed by atoms with E-state index >= 15 is 0 Å². The predicted molar refractivity (Wildman–Crippen MR) is 146 cm³/mol. The second kappa shape index (κ2) is 9.78. The summed E-state index contributed by atoms with van der Waals surface area (Å²) in [6.45, 7) is 9.22. The lowest BCUT2D eigenvalue weighted by Crippen LogP contribution is -2.50. The van der Waals surface area contributed by atoms with E-state index in [0.717, 1.165) is 40.8 Å². The number of hydrogen-bond donors (Lipinski definition) is 1. The van der Waals surface area contributed by atoms with Gasteiger partial charge in [-0.15, -0.1) is 0 Å². The zero-order valence-corrected chi connectivity index (χ0v) is 22.5. The summed E-state index contributed by atoms with van der Waals surface area (Å²) in [4.78, 5) is 32.3. The fraction of sp³-hybridized carbons (Fsp3) is 0.414. The summed E-state index contributed by atoms with van der Waals surface area (Å²) >= 11 is 0. The summed E-state index contributed by atoms with van der Waals surface area (Å²) in [5.41, 5.74) is 3.31. The number of imidazole rings is 1. The van der Waals surface area contributed by atoms with Crippen LogP contribution in [0.4, 0.5) is 9.18 Å². The monoisotopic (exact) mass is 519 g/mol. The van der Waals surface area contributed by atoms with Crippen LogP contribution in [0.5, 0.6) is 0 Å². The highest BCUT2D eigenvalue weighted by atomic mass is 19.1. The maximum atomic E-state index is 13.9. The fourth-order valence-corrected chi connectivity index (χ4v) is 5.25. The predicted octanol–water partition coefficient (Wildman–Crippen LogP) is 5.48. The molecule has 9 heteroatoms. The third-order valence-corrected chi connectivity index (χ3v) is 6.97. The lowest BCUT2D eigenvalue weighted by Gasteiger charge is -2.33. The van der Waals surface area contributed by atoms with Gasteiger partial charge in [0, 0.05) is 43.7 Å². The van der Waals surface area contributed by atoms with Gasteiger partial charge in [-0.2, -0.15) is 0 Å². The van der Waals surface area contributed by atoms with Crippen molar-refractivity contribution in [1.82, 2.24) is 24.3 Å². The van der Waals surface area contributed by atoms with Crippen molar-refractivity contribution in [1.29, 1.82) is 0 Å². The zero-order chi connectivity index (χ0) is 27.2. The van der Waals surface area contributed by atoms with Crippen LogP contribution in [0.1, 0.15) is 50.9 Å². The van der Waals surface area contributed by atoms with Gasteiger partial charge in [-0.3, -0.25) is 4.79 Å². The molecule has 2 aromatic heterocycles. The molecule has 0 bridgehead atoms. The molecule has 38 heavy (non-hydrogen) atoms. The molecule has 1 atom stereocenters. The van der Waals surface area contributed by atoms with Crippen molar-refractivity contribution in [3.63, 3.8) is 0 Å². The first-order chi connectivity index (χ1) is 18.0. The van der Waals surface area contributed by atoms with Crippen LogP contribution in [0.25, 0.3) is 33.5 Å². The van der Waals surface area contributed by atoms with Gasteiger partial charge in [0.05, 0.1) is 22.2 Å². The number of fused-ring (bicyclic) bond motifs is 2. The molecular formula is C29H34FN5O3. The molecule has 8 nitrogen and oxygen atoms in total. The Balaban J connectivity index is 1.40. The third kappa shape index (κ3) is 4.97. The maximum absolute atomic E-state index is 13.9. The smallest absolute Gasteiger partial charge is 0.407 e. The zero-order valence-electron chi connectivity index (χ0n) is 22.5. The minimum atomic E-state index is -0.577. The quantitative estimate of drug-likeness (QED) is 0.387. The van der Waals surface area contributed by atoms with Crippen LogP contribution in [-0.4, -0.2) is 55.8 Å². The Morgan fingerprint density at radius 1 is 1.13 bits per heavy atom. The minimum Gasteiger partial charge on any atom is -0.444 e. The molecule has 0 spiro atoms. The van der Waals surface area contributed by atoms with Gasteiger partial charge in [0.2, 0.25) is 0 Å². The van der Waals surface area contributed by atoms with Gasteiger partial charge >= 0.3 is 6.09 Å². The first kappa shape index (κ1) is 25.8. The highest BCUT2D eigenvalue weighted by Gasteiger charge is 2.28. The summed E-state index contributed by atoms with van der Waals surface area (Å²) in [6, 6.07) is 12.2. The van der Waals surface area contributed by atoms with Gasteiger partial charge in [-0.1, -0.05) is 0 Å². The Labute approximate surface area is 221 Å². The second-order valence-electron chi connectivity index (χ2n) is 10.9. The van der Waals surface area contributed by atoms with E-state index in [2.05, 4.69) is 9.88 Å². The standard InChI is InChI=1S/C29H34FN5O3/c1-6-35-24-16-20(30)11-9-18(24)15-25(35)26-32-22-14-19(10-12-23(22)33(26)5)27(36)34-13-7-8-21(17-34)31-28(37)38-29(2,3)4/h9-12,14-16,21H,6-8,13,17H2,1-5H3,(H,31,37)/t21-/m1/s1. The second-order valence-corrected chi connectivity index (χ2v) is 10.9. The number of halogens is 1. The van der Waals surface area contributed by atoms with Crippen LogP contribution in [0.15, 0.2) is 42.5 Å².